The van der Waals surface area contributed by atoms with Crippen LogP contribution in [0.2, 0.25) is 0 Å². The number of phenols is 1. The molecule has 0 atom stereocenters. The lowest BCUT2D eigenvalue weighted by atomic mass is 10.1. The average Bonchev–Trinajstić information content (AvgIpc) is 2.92. The normalized spacial score (nSPS) is 12.6. The molecule has 0 aliphatic heterocycles. The first-order chi connectivity index (χ1) is 12.5. The van der Waals surface area contributed by atoms with Gasteiger partial charge in [0.1, 0.15) is 5.75 Å². The molecule has 0 fully saturated rings. The van der Waals surface area contributed by atoms with Crippen molar-refractivity contribution >= 4 is 20.9 Å². The Morgan fingerprint density at radius 3 is 2.30 bits per heavy atom. The number of nitrogens with zero attached hydrogens (tertiary/aromatic N) is 1. The van der Waals surface area contributed by atoms with Gasteiger partial charge in [0, 0.05) is 29.3 Å². The third-order valence-corrected chi connectivity index (χ3v) is 5.97. The SMILES string of the molecule is Cc1ccc(S(=O)(=O)n2c(CN)cc3cc(CC(F)(F)F)c(O)cc32)cc1. The minimum absolute atomic E-state index is 0.0131. The number of aryl methyl sites for hydroxylation is 1. The van der Waals surface area contributed by atoms with Gasteiger partial charge >= 0.3 is 6.18 Å². The molecule has 0 spiro atoms. The molecule has 5 nitrogen and oxygen atoms in total. The fourth-order valence-electron chi connectivity index (χ4n) is 2.92. The van der Waals surface area contributed by atoms with Gasteiger partial charge in [0.2, 0.25) is 0 Å². The highest BCUT2D eigenvalue weighted by Crippen LogP contribution is 2.34. The van der Waals surface area contributed by atoms with Gasteiger partial charge in [0.15, 0.2) is 0 Å². The van der Waals surface area contributed by atoms with Gasteiger partial charge in [-0.1, -0.05) is 17.7 Å². The van der Waals surface area contributed by atoms with E-state index in [1.165, 1.54) is 18.2 Å². The molecule has 0 aliphatic carbocycles. The van der Waals surface area contributed by atoms with Crippen molar-refractivity contribution in [1.82, 2.24) is 3.97 Å². The van der Waals surface area contributed by atoms with Crippen LogP contribution in [0.3, 0.4) is 0 Å². The van der Waals surface area contributed by atoms with Gasteiger partial charge in [-0.3, -0.25) is 0 Å². The first-order valence-corrected chi connectivity index (χ1v) is 9.42. The van der Waals surface area contributed by atoms with Crippen molar-refractivity contribution in [2.45, 2.75) is 31.0 Å². The molecule has 0 saturated carbocycles. The lowest BCUT2D eigenvalue weighted by molar-refractivity contribution is -0.127. The lowest BCUT2D eigenvalue weighted by Crippen LogP contribution is -2.17. The van der Waals surface area contributed by atoms with E-state index in [1.54, 1.807) is 12.1 Å². The van der Waals surface area contributed by atoms with Gasteiger partial charge in [-0.05, 0) is 31.2 Å². The van der Waals surface area contributed by atoms with Crippen LogP contribution in [0, 0.1) is 6.92 Å². The summed E-state index contributed by atoms with van der Waals surface area (Å²) in [6, 6.07) is 9.74. The van der Waals surface area contributed by atoms with E-state index in [9.17, 15) is 26.7 Å². The van der Waals surface area contributed by atoms with E-state index in [2.05, 4.69) is 0 Å². The Kier molecular flexibility index (Phi) is 4.69. The number of aromatic hydroxyl groups is 1. The molecule has 9 heteroatoms. The minimum Gasteiger partial charge on any atom is -0.508 e. The molecule has 2 aromatic carbocycles. The second-order valence-electron chi connectivity index (χ2n) is 6.25. The number of phenolic OH excluding ortho intramolecular Hbond substituents is 1. The van der Waals surface area contributed by atoms with Crippen molar-refractivity contribution in [3.05, 3.63) is 59.3 Å². The molecule has 3 N–H and O–H groups in total. The van der Waals surface area contributed by atoms with E-state index >= 15 is 0 Å². The van der Waals surface area contributed by atoms with Crippen LogP contribution in [0.15, 0.2) is 47.4 Å². The summed E-state index contributed by atoms with van der Waals surface area (Å²) in [5.41, 5.74) is 6.48. The van der Waals surface area contributed by atoms with Crippen LogP contribution in [0.1, 0.15) is 16.8 Å². The van der Waals surface area contributed by atoms with Crippen molar-refractivity contribution in [2.24, 2.45) is 5.73 Å². The molecular formula is C18H17F3N2O3S. The second-order valence-corrected chi connectivity index (χ2v) is 8.04. The van der Waals surface area contributed by atoms with E-state index in [-0.39, 0.29) is 33.6 Å². The van der Waals surface area contributed by atoms with Crippen LogP contribution in [0.4, 0.5) is 13.2 Å². The first-order valence-electron chi connectivity index (χ1n) is 7.98. The van der Waals surface area contributed by atoms with E-state index in [0.717, 1.165) is 21.7 Å². The molecule has 144 valence electrons. The summed E-state index contributed by atoms with van der Waals surface area (Å²) in [7, 11) is -4.04. The Morgan fingerprint density at radius 1 is 1.11 bits per heavy atom. The fourth-order valence-corrected chi connectivity index (χ4v) is 4.47. The number of rotatable bonds is 4. The number of alkyl halides is 3. The summed E-state index contributed by atoms with van der Waals surface area (Å²) < 4.78 is 65.2. The summed E-state index contributed by atoms with van der Waals surface area (Å²) in [6.45, 7) is 1.67. The summed E-state index contributed by atoms with van der Waals surface area (Å²) in [6.07, 6.45) is -5.82. The van der Waals surface area contributed by atoms with Crippen LogP contribution >= 0.6 is 0 Å². The topological polar surface area (TPSA) is 85.3 Å². The predicted molar refractivity (Wildman–Crippen MR) is 95.0 cm³/mol. The number of hydrogen-bond acceptors (Lipinski definition) is 4. The summed E-state index contributed by atoms with van der Waals surface area (Å²) in [5.74, 6) is -0.623. The zero-order chi connectivity index (χ0) is 20.0. The summed E-state index contributed by atoms with van der Waals surface area (Å²) in [5, 5.41) is 10.3. The van der Waals surface area contributed by atoms with E-state index in [0.29, 0.717) is 0 Å². The maximum absolute atomic E-state index is 13.1. The minimum atomic E-state index is -4.50. The smallest absolute Gasteiger partial charge is 0.393 e. The monoisotopic (exact) mass is 398 g/mol. The number of fused-ring (bicyclic) bond motifs is 1. The van der Waals surface area contributed by atoms with Crippen molar-refractivity contribution in [2.75, 3.05) is 0 Å². The first kappa shape index (κ1) is 19.2. The predicted octanol–water partition coefficient (Wildman–Crippen LogP) is 3.46. The molecule has 0 bridgehead atoms. The number of aromatic nitrogens is 1. The quantitative estimate of drug-likeness (QED) is 0.705. The third-order valence-electron chi connectivity index (χ3n) is 4.19. The highest BCUT2D eigenvalue weighted by Gasteiger charge is 2.30. The van der Waals surface area contributed by atoms with Crippen LogP contribution in [0.5, 0.6) is 5.75 Å². The maximum atomic E-state index is 13.1. The molecule has 1 aromatic heterocycles. The average molecular weight is 398 g/mol. The van der Waals surface area contributed by atoms with Crippen molar-refractivity contribution in [3.63, 3.8) is 0 Å². The molecule has 0 aliphatic rings. The maximum Gasteiger partial charge on any atom is 0.393 e. The van der Waals surface area contributed by atoms with E-state index in [1.807, 2.05) is 6.92 Å². The van der Waals surface area contributed by atoms with Crippen LogP contribution in [-0.4, -0.2) is 23.7 Å². The molecule has 3 rings (SSSR count). The standard InChI is InChI=1S/C18H17F3N2O3S/c1-11-2-4-15(5-3-11)27(25,26)23-14(10-22)7-12-6-13(9-18(19,20)21)17(24)8-16(12)23/h2-8,24H,9-10,22H2,1H3. The van der Waals surface area contributed by atoms with Gasteiger partial charge in [-0.15, -0.1) is 0 Å². The number of halogens is 3. The van der Waals surface area contributed by atoms with Gasteiger partial charge < -0.3 is 10.8 Å². The van der Waals surface area contributed by atoms with E-state index in [4.69, 9.17) is 5.73 Å². The number of hydrogen-bond donors (Lipinski definition) is 2. The van der Waals surface area contributed by atoms with Crippen LogP contribution in [0.25, 0.3) is 10.9 Å². The molecule has 0 unspecified atom stereocenters. The van der Waals surface area contributed by atoms with Gasteiger partial charge in [0.05, 0.1) is 16.8 Å². The van der Waals surface area contributed by atoms with Gasteiger partial charge in [-0.25, -0.2) is 12.4 Å². The molecule has 3 aromatic rings. The molecule has 0 saturated heterocycles. The molecule has 0 amide bonds. The Labute approximate surface area is 153 Å². The largest absolute Gasteiger partial charge is 0.508 e. The Bertz CT molecular complexity index is 1100. The molecular weight excluding hydrogens is 381 g/mol. The number of nitrogens with two attached hydrogens (primary N) is 1. The summed E-state index contributed by atoms with van der Waals surface area (Å²) in [4.78, 5) is 0.0131. The second kappa shape index (κ2) is 6.58. The van der Waals surface area contributed by atoms with Crippen molar-refractivity contribution in [3.8, 4) is 5.75 Å². The highest BCUT2D eigenvalue weighted by molar-refractivity contribution is 7.90. The molecule has 27 heavy (non-hydrogen) atoms. The third kappa shape index (κ3) is 3.65. The Hall–Kier alpha value is -2.52. The zero-order valence-corrected chi connectivity index (χ0v) is 15.1. The summed E-state index contributed by atoms with van der Waals surface area (Å²) >= 11 is 0. The molecule has 0 radical (unpaired) electrons. The van der Waals surface area contributed by atoms with Crippen LogP contribution in [-0.2, 0) is 23.0 Å². The fraction of sp³-hybridized carbons (Fsp3) is 0.222. The van der Waals surface area contributed by atoms with Crippen molar-refractivity contribution in [1.29, 1.82) is 0 Å². The molecule has 1 heterocycles. The highest BCUT2D eigenvalue weighted by atomic mass is 32.2. The van der Waals surface area contributed by atoms with E-state index < -0.39 is 28.4 Å². The van der Waals surface area contributed by atoms with Gasteiger partial charge in [0.25, 0.3) is 10.0 Å². The Morgan fingerprint density at radius 2 is 1.74 bits per heavy atom. The zero-order valence-electron chi connectivity index (χ0n) is 14.3. The van der Waals surface area contributed by atoms with Crippen LogP contribution < -0.4 is 5.73 Å². The van der Waals surface area contributed by atoms with Crippen molar-refractivity contribution < 1.29 is 26.7 Å². The Balaban J connectivity index is 2.23. The lowest BCUT2D eigenvalue weighted by Gasteiger charge is -2.13. The van der Waals surface area contributed by atoms with Gasteiger partial charge in [-0.2, -0.15) is 13.2 Å². The number of benzene rings is 2.